The minimum atomic E-state index is -0.118. The minimum absolute atomic E-state index is 0.118. The summed E-state index contributed by atoms with van der Waals surface area (Å²) in [4.78, 5) is 11.9. The first kappa shape index (κ1) is 12.9. The van der Waals surface area contributed by atoms with Crippen molar-refractivity contribution in [2.45, 2.75) is 13.5 Å². The summed E-state index contributed by atoms with van der Waals surface area (Å²) in [5, 5.41) is 2.81. The lowest BCUT2D eigenvalue weighted by Crippen LogP contribution is -2.22. The molecule has 2 rings (SSSR count). The average Bonchev–Trinajstić information content (AvgIpc) is 2.81. The number of thiophene rings is 1. The number of hydrogen-bond donors (Lipinski definition) is 1. The zero-order valence-corrected chi connectivity index (χ0v) is 12.9. The van der Waals surface area contributed by atoms with Gasteiger partial charge in [-0.25, -0.2) is 0 Å². The molecule has 2 heterocycles. The molecule has 1 N–H and O–H groups in total. The molecule has 1 amide bonds. The van der Waals surface area contributed by atoms with Crippen LogP contribution in [-0.4, -0.2) is 5.91 Å². The van der Waals surface area contributed by atoms with E-state index in [1.807, 2.05) is 19.1 Å². The van der Waals surface area contributed by atoms with Gasteiger partial charge in [0.25, 0.3) is 5.91 Å². The fourth-order valence-electron chi connectivity index (χ4n) is 1.34. The highest BCUT2D eigenvalue weighted by atomic mass is 79.9. The molecule has 0 spiro atoms. The van der Waals surface area contributed by atoms with Crippen LogP contribution in [0.25, 0.3) is 0 Å². The number of furan rings is 1. The Hall–Kier alpha value is -0.590. The highest BCUT2D eigenvalue weighted by Gasteiger charge is 2.13. The average molecular weight is 379 g/mol. The molecule has 3 nitrogen and oxygen atoms in total. The van der Waals surface area contributed by atoms with Gasteiger partial charge in [0.05, 0.1) is 19.7 Å². The van der Waals surface area contributed by atoms with E-state index in [4.69, 9.17) is 4.42 Å². The lowest BCUT2D eigenvalue weighted by atomic mass is 10.3. The molecule has 0 bridgehead atoms. The monoisotopic (exact) mass is 377 g/mol. The van der Waals surface area contributed by atoms with Gasteiger partial charge in [0.1, 0.15) is 11.5 Å². The molecule has 17 heavy (non-hydrogen) atoms. The van der Waals surface area contributed by atoms with E-state index < -0.39 is 0 Å². The van der Waals surface area contributed by atoms with E-state index in [9.17, 15) is 4.79 Å². The number of nitrogens with one attached hydrogen (secondary N) is 1. The fraction of sp³-hybridized carbons (Fsp3) is 0.182. The first-order valence-corrected chi connectivity index (χ1v) is 7.25. The first-order chi connectivity index (χ1) is 8.06. The third-order valence-electron chi connectivity index (χ3n) is 2.12. The standard InChI is InChI=1S/C11H9Br2NO2S/c1-6-2-3-7(16-6)5-14-11(15)8-4-9(12)17-10(8)13/h2-4H,5H2,1H3,(H,14,15). The van der Waals surface area contributed by atoms with Crippen LogP contribution in [0.15, 0.2) is 30.2 Å². The van der Waals surface area contributed by atoms with Gasteiger partial charge >= 0.3 is 0 Å². The van der Waals surface area contributed by atoms with Gasteiger partial charge in [0.15, 0.2) is 0 Å². The SMILES string of the molecule is Cc1ccc(CNC(=O)c2cc(Br)sc2Br)o1. The Balaban J connectivity index is 2.00. The largest absolute Gasteiger partial charge is 0.465 e. The molecule has 0 aromatic carbocycles. The van der Waals surface area contributed by atoms with Crippen LogP contribution in [0, 0.1) is 6.92 Å². The van der Waals surface area contributed by atoms with E-state index >= 15 is 0 Å². The number of carbonyl (C=O) groups is 1. The normalized spacial score (nSPS) is 10.5. The number of amides is 1. The molecule has 90 valence electrons. The van der Waals surface area contributed by atoms with Crippen molar-refractivity contribution in [3.8, 4) is 0 Å². The summed E-state index contributed by atoms with van der Waals surface area (Å²) < 4.78 is 7.11. The second-order valence-electron chi connectivity index (χ2n) is 3.43. The van der Waals surface area contributed by atoms with E-state index in [2.05, 4.69) is 37.2 Å². The van der Waals surface area contributed by atoms with Crippen LogP contribution in [0.1, 0.15) is 21.9 Å². The molecule has 0 atom stereocenters. The topological polar surface area (TPSA) is 42.2 Å². The zero-order valence-electron chi connectivity index (χ0n) is 8.92. The summed E-state index contributed by atoms with van der Waals surface area (Å²) in [7, 11) is 0. The molecule has 2 aromatic heterocycles. The second kappa shape index (κ2) is 5.37. The lowest BCUT2D eigenvalue weighted by molar-refractivity contribution is 0.0947. The molecule has 0 aliphatic rings. The van der Waals surface area contributed by atoms with Gasteiger partial charge in [-0.05, 0) is 57.0 Å². The van der Waals surface area contributed by atoms with Gasteiger partial charge in [-0.15, -0.1) is 11.3 Å². The predicted molar refractivity (Wildman–Crippen MR) is 74.3 cm³/mol. The molecular weight excluding hydrogens is 370 g/mol. The fourth-order valence-corrected chi connectivity index (χ4v) is 4.13. The highest BCUT2D eigenvalue weighted by molar-refractivity contribution is 9.12. The predicted octanol–water partition coefficient (Wildman–Crippen LogP) is 4.10. The van der Waals surface area contributed by atoms with Crippen LogP contribution >= 0.6 is 43.2 Å². The van der Waals surface area contributed by atoms with Crippen LogP contribution in [0.2, 0.25) is 0 Å². The second-order valence-corrected chi connectivity index (χ2v) is 7.18. The van der Waals surface area contributed by atoms with Crippen LogP contribution in [0.4, 0.5) is 0 Å². The van der Waals surface area contributed by atoms with Crippen molar-refractivity contribution in [1.82, 2.24) is 5.32 Å². The van der Waals surface area contributed by atoms with Crippen LogP contribution in [0.3, 0.4) is 0 Å². The highest BCUT2D eigenvalue weighted by Crippen LogP contribution is 2.31. The van der Waals surface area contributed by atoms with Crippen LogP contribution in [-0.2, 0) is 6.54 Å². The molecule has 0 fully saturated rings. The molecule has 0 saturated carbocycles. The number of carbonyl (C=O) groups excluding carboxylic acids is 1. The van der Waals surface area contributed by atoms with Gasteiger partial charge in [-0.2, -0.15) is 0 Å². The van der Waals surface area contributed by atoms with Crippen molar-refractivity contribution in [3.63, 3.8) is 0 Å². The van der Waals surface area contributed by atoms with Gasteiger partial charge in [-0.1, -0.05) is 0 Å². The summed E-state index contributed by atoms with van der Waals surface area (Å²) in [6.07, 6.45) is 0. The molecule has 0 unspecified atom stereocenters. The minimum Gasteiger partial charge on any atom is -0.465 e. The van der Waals surface area contributed by atoms with Crippen molar-refractivity contribution < 1.29 is 9.21 Å². The summed E-state index contributed by atoms with van der Waals surface area (Å²) >= 11 is 8.17. The van der Waals surface area contributed by atoms with Crippen molar-refractivity contribution in [1.29, 1.82) is 0 Å². The summed E-state index contributed by atoms with van der Waals surface area (Å²) in [5.41, 5.74) is 0.630. The van der Waals surface area contributed by atoms with Gasteiger partial charge in [0, 0.05) is 0 Å². The number of hydrogen-bond acceptors (Lipinski definition) is 3. The van der Waals surface area contributed by atoms with Crippen LogP contribution in [0.5, 0.6) is 0 Å². The number of rotatable bonds is 3. The van der Waals surface area contributed by atoms with Crippen molar-refractivity contribution >= 4 is 49.1 Å². The number of aryl methyl sites for hydroxylation is 1. The summed E-state index contributed by atoms with van der Waals surface area (Å²) in [6.45, 7) is 2.27. The lowest BCUT2D eigenvalue weighted by Gasteiger charge is -2.01. The number of halogens is 2. The van der Waals surface area contributed by atoms with E-state index in [-0.39, 0.29) is 5.91 Å². The van der Waals surface area contributed by atoms with E-state index in [0.29, 0.717) is 12.1 Å². The Morgan fingerprint density at radius 3 is 2.76 bits per heavy atom. The Morgan fingerprint density at radius 1 is 1.47 bits per heavy atom. The van der Waals surface area contributed by atoms with Gasteiger partial charge in [-0.3, -0.25) is 4.79 Å². The quantitative estimate of drug-likeness (QED) is 0.873. The molecule has 0 aliphatic carbocycles. The maximum Gasteiger partial charge on any atom is 0.253 e. The molecule has 2 aromatic rings. The zero-order chi connectivity index (χ0) is 12.4. The smallest absolute Gasteiger partial charge is 0.253 e. The molecule has 6 heteroatoms. The molecule has 0 saturated heterocycles. The molecular formula is C11H9Br2NO2S. The molecule has 0 aliphatic heterocycles. The van der Waals surface area contributed by atoms with Crippen molar-refractivity contribution in [2.24, 2.45) is 0 Å². The Bertz CT molecular complexity index is 547. The third kappa shape index (κ3) is 3.20. The van der Waals surface area contributed by atoms with E-state index in [0.717, 1.165) is 19.1 Å². The Morgan fingerprint density at radius 2 is 2.24 bits per heavy atom. The first-order valence-electron chi connectivity index (χ1n) is 4.84. The van der Waals surface area contributed by atoms with Crippen molar-refractivity contribution in [3.05, 3.63) is 42.9 Å². The Kier molecular flexibility index (Phi) is 4.06. The Labute approximate surface area is 119 Å². The van der Waals surface area contributed by atoms with Gasteiger partial charge in [0.2, 0.25) is 0 Å². The maximum absolute atomic E-state index is 11.9. The third-order valence-corrected chi connectivity index (χ3v) is 4.46. The summed E-state index contributed by atoms with van der Waals surface area (Å²) in [6, 6.07) is 5.52. The summed E-state index contributed by atoms with van der Waals surface area (Å²) in [5.74, 6) is 1.47. The van der Waals surface area contributed by atoms with E-state index in [1.54, 1.807) is 6.07 Å². The van der Waals surface area contributed by atoms with Crippen molar-refractivity contribution in [2.75, 3.05) is 0 Å². The molecule has 0 radical (unpaired) electrons. The maximum atomic E-state index is 11.9. The van der Waals surface area contributed by atoms with Gasteiger partial charge < -0.3 is 9.73 Å². The van der Waals surface area contributed by atoms with Crippen LogP contribution < -0.4 is 5.32 Å². The van der Waals surface area contributed by atoms with E-state index in [1.165, 1.54) is 11.3 Å².